The van der Waals surface area contributed by atoms with Gasteiger partial charge in [-0.15, -0.1) is 0 Å². The Hall–Kier alpha value is -3.10. The molecular weight excluding hydrogens is 347 g/mol. The molecule has 0 aliphatic carbocycles. The molecule has 0 spiro atoms. The molecule has 3 rings (SSSR count). The minimum absolute atomic E-state index is 0.282. The molecule has 0 bridgehead atoms. The van der Waals surface area contributed by atoms with Crippen LogP contribution in [0.1, 0.15) is 22.5 Å². The van der Waals surface area contributed by atoms with Gasteiger partial charge in [-0.25, -0.2) is 4.98 Å². The highest BCUT2D eigenvalue weighted by atomic mass is 19.4. The molecule has 2 aromatic heterocycles. The lowest BCUT2D eigenvalue weighted by Gasteiger charge is -2.09. The van der Waals surface area contributed by atoms with E-state index in [-0.39, 0.29) is 5.91 Å². The number of pyridine rings is 1. The average Bonchev–Trinajstić information content (AvgIpc) is 3.05. The lowest BCUT2D eigenvalue weighted by molar-refractivity contribution is -0.137. The predicted molar refractivity (Wildman–Crippen MR) is 90.8 cm³/mol. The maximum atomic E-state index is 12.5. The number of aromatic amines is 1. The van der Waals surface area contributed by atoms with Gasteiger partial charge in [0.1, 0.15) is 5.82 Å². The van der Waals surface area contributed by atoms with Crippen LogP contribution in [-0.2, 0) is 6.18 Å². The van der Waals surface area contributed by atoms with Gasteiger partial charge in [0.25, 0.3) is 5.91 Å². The van der Waals surface area contributed by atoms with Crippen molar-refractivity contribution in [1.29, 1.82) is 0 Å². The van der Waals surface area contributed by atoms with Crippen LogP contribution in [0.4, 0.5) is 19.0 Å². The molecule has 0 aliphatic heterocycles. The Labute approximate surface area is 146 Å². The summed E-state index contributed by atoms with van der Waals surface area (Å²) in [6.07, 6.45) is -3.03. The summed E-state index contributed by atoms with van der Waals surface area (Å²) >= 11 is 0. The molecule has 0 fully saturated rings. The van der Waals surface area contributed by atoms with Crippen LogP contribution in [0.2, 0.25) is 0 Å². The van der Waals surface area contributed by atoms with Crippen LogP contribution in [0.5, 0.6) is 0 Å². The standard InChI is InChI=1S/C17H16F3N5O/c18-17(19,20)11-6-7-14(23-10-11)21-8-3-9-22-16(26)15-12-4-1-2-5-13(12)24-25-15/h1-2,4-7,10H,3,8-9H2,(H,21,23)(H,22,26)(H,24,25). The van der Waals surface area contributed by atoms with Crippen LogP contribution < -0.4 is 10.6 Å². The maximum absolute atomic E-state index is 12.5. The number of benzene rings is 1. The van der Waals surface area contributed by atoms with Gasteiger partial charge in [-0.2, -0.15) is 18.3 Å². The number of amides is 1. The molecule has 0 saturated carbocycles. The van der Waals surface area contributed by atoms with E-state index in [0.717, 1.165) is 23.2 Å². The number of carbonyl (C=O) groups is 1. The normalized spacial score (nSPS) is 11.5. The molecule has 6 nitrogen and oxygen atoms in total. The Morgan fingerprint density at radius 3 is 2.65 bits per heavy atom. The summed E-state index contributed by atoms with van der Waals surface area (Å²) in [5, 5.41) is 13.2. The van der Waals surface area contributed by atoms with Crippen LogP contribution >= 0.6 is 0 Å². The average molecular weight is 363 g/mol. The lowest BCUT2D eigenvalue weighted by Crippen LogP contribution is -2.26. The SMILES string of the molecule is O=C(NCCCNc1ccc(C(F)(F)F)cn1)c1n[nH]c2ccccc12. The number of hydrogen-bond acceptors (Lipinski definition) is 4. The summed E-state index contributed by atoms with van der Waals surface area (Å²) in [6.45, 7) is 0.855. The molecule has 2 heterocycles. The summed E-state index contributed by atoms with van der Waals surface area (Å²) in [5.41, 5.74) is 0.326. The van der Waals surface area contributed by atoms with Gasteiger partial charge in [-0.05, 0) is 24.6 Å². The zero-order valence-electron chi connectivity index (χ0n) is 13.6. The summed E-state index contributed by atoms with van der Waals surface area (Å²) in [7, 11) is 0. The maximum Gasteiger partial charge on any atom is 0.417 e. The topological polar surface area (TPSA) is 82.7 Å². The highest BCUT2D eigenvalue weighted by Gasteiger charge is 2.30. The van der Waals surface area contributed by atoms with Crippen molar-refractivity contribution < 1.29 is 18.0 Å². The number of nitrogens with zero attached hydrogens (tertiary/aromatic N) is 2. The van der Waals surface area contributed by atoms with Gasteiger partial charge in [0.15, 0.2) is 5.69 Å². The van der Waals surface area contributed by atoms with Crippen LogP contribution in [0.15, 0.2) is 42.6 Å². The molecule has 3 N–H and O–H groups in total. The first-order valence-electron chi connectivity index (χ1n) is 7.93. The second kappa shape index (κ2) is 7.42. The van der Waals surface area contributed by atoms with Crippen molar-refractivity contribution in [2.75, 3.05) is 18.4 Å². The number of anilines is 1. The monoisotopic (exact) mass is 363 g/mol. The minimum Gasteiger partial charge on any atom is -0.370 e. The number of hydrogen-bond donors (Lipinski definition) is 3. The van der Waals surface area contributed by atoms with Gasteiger partial charge in [-0.1, -0.05) is 18.2 Å². The number of halogens is 3. The van der Waals surface area contributed by atoms with E-state index in [1.54, 1.807) is 0 Å². The first-order chi connectivity index (χ1) is 12.4. The third-order valence-corrected chi connectivity index (χ3v) is 3.72. The number of nitrogens with one attached hydrogen (secondary N) is 3. The van der Waals surface area contributed by atoms with Crippen molar-refractivity contribution in [3.8, 4) is 0 Å². The fourth-order valence-electron chi connectivity index (χ4n) is 2.39. The van der Waals surface area contributed by atoms with Crippen molar-refractivity contribution in [3.63, 3.8) is 0 Å². The highest BCUT2D eigenvalue weighted by Crippen LogP contribution is 2.28. The number of H-pyrrole nitrogens is 1. The van der Waals surface area contributed by atoms with Crippen molar-refractivity contribution in [2.24, 2.45) is 0 Å². The summed E-state index contributed by atoms with van der Waals surface area (Å²) in [4.78, 5) is 15.9. The van der Waals surface area contributed by atoms with E-state index >= 15 is 0 Å². The lowest BCUT2D eigenvalue weighted by atomic mass is 10.2. The number of para-hydroxylation sites is 1. The Balaban J connectivity index is 1.43. The van der Waals surface area contributed by atoms with Crippen LogP contribution in [0.25, 0.3) is 10.9 Å². The molecular formula is C17H16F3N5O. The molecule has 0 unspecified atom stereocenters. The first kappa shape index (κ1) is 17.7. The number of aromatic nitrogens is 3. The van der Waals surface area contributed by atoms with Gasteiger partial charge in [-0.3, -0.25) is 9.89 Å². The molecule has 0 atom stereocenters. The first-order valence-corrected chi connectivity index (χ1v) is 7.93. The minimum atomic E-state index is -4.40. The number of fused-ring (bicyclic) bond motifs is 1. The fraction of sp³-hybridized carbons (Fsp3) is 0.235. The van der Waals surface area contributed by atoms with E-state index in [1.807, 2.05) is 24.3 Å². The molecule has 3 aromatic rings. The van der Waals surface area contributed by atoms with E-state index in [0.29, 0.717) is 31.0 Å². The second-order valence-electron chi connectivity index (χ2n) is 5.58. The Bertz CT molecular complexity index is 889. The third-order valence-electron chi connectivity index (χ3n) is 3.72. The zero-order chi connectivity index (χ0) is 18.6. The van der Waals surface area contributed by atoms with Crippen molar-refractivity contribution >= 4 is 22.6 Å². The van der Waals surface area contributed by atoms with Gasteiger partial charge < -0.3 is 10.6 Å². The van der Waals surface area contributed by atoms with E-state index < -0.39 is 11.7 Å². The van der Waals surface area contributed by atoms with E-state index in [9.17, 15) is 18.0 Å². The third kappa shape index (κ3) is 4.11. The molecule has 1 aromatic carbocycles. The van der Waals surface area contributed by atoms with Gasteiger partial charge in [0, 0.05) is 24.7 Å². The summed E-state index contributed by atoms with van der Waals surface area (Å²) in [5.74, 6) is 0.0673. The van der Waals surface area contributed by atoms with E-state index in [1.165, 1.54) is 6.07 Å². The Morgan fingerprint density at radius 2 is 1.92 bits per heavy atom. The quantitative estimate of drug-likeness (QED) is 0.588. The van der Waals surface area contributed by atoms with Crippen molar-refractivity contribution in [2.45, 2.75) is 12.6 Å². The van der Waals surface area contributed by atoms with Crippen molar-refractivity contribution in [3.05, 3.63) is 53.9 Å². The molecule has 0 aliphatic rings. The van der Waals surface area contributed by atoms with E-state index in [2.05, 4.69) is 25.8 Å². The number of carbonyl (C=O) groups excluding carboxylic acids is 1. The molecule has 26 heavy (non-hydrogen) atoms. The summed E-state index contributed by atoms with van der Waals surface area (Å²) < 4.78 is 37.4. The van der Waals surface area contributed by atoms with Gasteiger partial charge >= 0.3 is 6.18 Å². The Morgan fingerprint density at radius 1 is 1.12 bits per heavy atom. The predicted octanol–water partition coefficient (Wildman–Crippen LogP) is 3.21. The van der Waals surface area contributed by atoms with Crippen LogP contribution in [-0.4, -0.2) is 34.2 Å². The molecule has 136 valence electrons. The molecule has 0 saturated heterocycles. The fourth-order valence-corrected chi connectivity index (χ4v) is 2.39. The van der Waals surface area contributed by atoms with Crippen LogP contribution in [0, 0.1) is 0 Å². The highest BCUT2D eigenvalue weighted by molar-refractivity contribution is 6.04. The Kier molecular flexibility index (Phi) is 5.06. The van der Waals surface area contributed by atoms with Crippen LogP contribution in [0.3, 0.4) is 0 Å². The van der Waals surface area contributed by atoms with E-state index in [4.69, 9.17) is 0 Å². The van der Waals surface area contributed by atoms with Crippen molar-refractivity contribution in [1.82, 2.24) is 20.5 Å². The molecule has 0 radical (unpaired) electrons. The van der Waals surface area contributed by atoms with Gasteiger partial charge in [0.2, 0.25) is 0 Å². The largest absolute Gasteiger partial charge is 0.417 e. The van der Waals surface area contributed by atoms with Gasteiger partial charge in [0.05, 0.1) is 11.1 Å². The molecule has 9 heteroatoms. The number of rotatable bonds is 6. The molecule has 1 amide bonds. The second-order valence-corrected chi connectivity index (χ2v) is 5.58. The summed E-state index contributed by atoms with van der Waals surface area (Å²) in [6, 6.07) is 9.57. The zero-order valence-corrected chi connectivity index (χ0v) is 13.6. The smallest absolute Gasteiger partial charge is 0.370 e. The number of alkyl halides is 3.